The predicted molar refractivity (Wildman–Crippen MR) is 42.9 cm³/mol. The topological polar surface area (TPSA) is 3.24 Å². The summed E-state index contributed by atoms with van der Waals surface area (Å²) in [5, 5.41) is 0. The Morgan fingerprint density at radius 2 is 1.90 bits per heavy atom. The maximum Gasteiger partial charge on any atom is 0.0147 e. The van der Waals surface area contributed by atoms with Crippen LogP contribution in [0.5, 0.6) is 0 Å². The molecule has 0 amide bonds. The van der Waals surface area contributed by atoms with E-state index in [0.717, 1.165) is 23.9 Å². The summed E-state index contributed by atoms with van der Waals surface area (Å²) >= 11 is 0. The van der Waals surface area contributed by atoms with Gasteiger partial charge in [-0.15, -0.1) is 0 Å². The summed E-state index contributed by atoms with van der Waals surface area (Å²) in [4.78, 5) is 2.59. The van der Waals surface area contributed by atoms with Crippen LogP contribution in [-0.2, 0) is 0 Å². The van der Waals surface area contributed by atoms with Crippen molar-refractivity contribution in [3.63, 3.8) is 0 Å². The third kappa shape index (κ3) is 0.672. The van der Waals surface area contributed by atoms with Gasteiger partial charge in [0.2, 0.25) is 0 Å². The van der Waals surface area contributed by atoms with Crippen molar-refractivity contribution in [1.82, 2.24) is 4.90 Å². The van der Waals surface area contributed by atoms with Gasteiger partial charge in [-0.3, -0.25) is 4.90 Å². The Balaban J connectivity index is 2.09. The minimum absolute atomic E-state index is 0.863. The molecule has 0 aromatic rings. The average molecular weight is 139 g/mol. The van der Waals surface area contributed by atoms with Crippen molar-refractivity contribution in [3.05, 3.63) is 0 Å². The fraction of sp³-hybridized carbons (Fsp3) is 1.00. The Kier molecular flexibility index (Phi) is 1.31. The average Bonchev–Trinajstić information content (AvgIpc) is 2.14. The van der Waals surface area contributed by atoms with Gasteiger partial charge in [-0.25, -0.2) is 0 Å². The van der Waals surface area contributed by atoms with Crippen LogP contribution in [-0.4, -0.2) is 24.0 Å². The van der Waals surface area contributed by atoms with Gasteiger partial charge in [0, 0.05) is 12.1 Å². The lowest BCUT2D eigenvalue weighted by Crippen LogP contribution is -2.30. The zero-order valence-corrected chi connectivity index (χ0v) is 7.17. The van der Waals surface area contributed by atoms with Gasteiger partial charge in [-0.2, -0.15) is 0 Å². The largest absolute Gasteiger partial charge is 0.300 e. The molecule has 0 aromatic heterocycles. The van der Waals surface area contributed by atoms with Crippen LogP contribution in [0.1, 0.15) is 26.7 Å². The first-order chi connectivity index (χ1) is 4.70. The van der Waals surface area contributed by atoms with Crippen LogP contribution in [0.15, 0.2) is 0 Å². The van der Waals surface area contributed by atoms with Crippen LogP contribution in [0.4, 0.5) is 0 Å². The minimum atomic E-state index is 0.863. The van der Waals surface area contributed by atoms with Crippen molar-refractivity contribution in [2.24, 2.45) is 11.8 Å². The number of hydrogen-bond acceptors (Lipinski definition) is 1. The molecule has 0 radical (unpaired) electrons. The van der Waals surface area contributed by atoms with E-state index in [1.54, 1.807) is 0 Å². The van der Waals surface area contributed by atoms with Gasteiger partial charge in [-0.1, -0.05) is 13.8 Å². The molecular weight excluding hydrogens is 122 g/mol. The molecule has 2 heterocycles. The Morgan fingerprint density at radius 1 is 1.30 bits per heavy atom. The molecule has 1 atom stereocenters. The number of nitrogens with zero attached hydrogens (tertiary/aromatic N) is 1. The molecule has 2 bridgehead atoms. The first-order valence-electron chi connectivity index (χ1n) is 4.42. The zero-order chi connectivity index (χ0) is 7.30. The van der Waals surface area contributed by atoms with Crippen molar-refractivity contribution in [2.45, 2.75) is 38.8 Å². The molecule has 0 spiro atoms. The fourth-order valence-corrected chi connectivity index (χ4v) is 2.83. The van der Waals surface area contributed by atoms with Crippen molar-refractivity contribution >= 4 is 0 Å². The van der Waals surface area contributed by atoms with Gasteiger partial charge in [-0.05, 0) is 31.7 Å². The second kappa shape index (κ2) is 1.97. The monoisotopic (exact) mass is 139 g/mol. The maximum atomic E-state index is 2.59. The summed E-state index contributed by atoms with van der Waals surface area (Å²) < 4.78 is 0. The molecule has 58 valence electrons. The molecule has 3 fully saturated rings. The lowest BCUT2D eigenvalue weighted by molar-refractivity contribution is 0.240. The van der Waals surface area contributed by atoms with Crippen LogP contribution in [0.2, 0.25) is 0 Å². The number of hydrogen-bond donors (Lipinski definition) is 0. The summed E-state index contributed by atoms with van der Waals surface area (Å²) in [7, 11) is 2.29. The molecule has 0 unspecified atom stereocenters. The molecule has 1 nitrogen and oxygen atoms in total. The van der Waals surface area contributed by atoms with Gasteiger partial charge < -0.3 is 0 Å². The molecule has 0 aromatic carbocycles. The summed E-state index contributed by atoms with van der Waals surface area (Å²) in [6, 6.07) is 1.86. The van der Waals surface area contributed by atoms with E-state index in [1.807, 2.05) is 0 Å². The van der Waals surface area contributed by atoms with Crippen LogP contribution in [0, 0.1) is 11.8 Å². The van der Waals surface area contributed by atoms with E-state index < -0.39 is 0 Å². The Labute approximate surface area is 63.4 Å². The molecule has 2 saturated heterocycles. The van der Waals surface area contributed by atoms with E-state index in [2.05, 4.69) is 25.8 Å². The first-order valence-corrected chi connectivity index (χ1v) is 4.42. The maximum absolute atomic E-state index is 2.59. The SMILES string of the molecule is CC(C)[C@@H]1C2CC(C2)N1C. The molecule has 3 rings (SSSR count). The quantitative estimate of drug-likeness (QED) is 0.535. The minimum Gasteiger partial charge on any atom is -0.300 e. The Bertz CT molecular complexity index is 136. The third-order valence-electron chi connectivity index (χ3n) is 3.36. The van der Waals surface area contributed by atoms with Crippen molar-refractivity contribution in [2.75, 3.05) is 7.05 Å². The van der Waals surface area contributed by atoms with E-state index in [1.165, 1.54) is 12.8 Å². The third-order valence-corrected chi connectivity index (χ3v) is 3.36. The van der Waals surface area contributed by atoms with E-state index in [0.29, 0.717) is 0 Å². The van der Waals surface area contributed by atoms with Crippen LogP contribution >= 0.6 is 0 Å². The predicted octanol–water partition coefficient (Wildman–Crippen LogP) is 1.74. The second-order valence-electron chi connectivity index (χ2n) is 4.29. The fourth-order valence-electron chi connectivity index (χ4n) is 2.83. The lowest BCUT2D eigenvalue weighted by atomic mass is 9.80. The highest BCUT2D eigenvalue weighted by atomic mass is 15.2. The van der Waals surface area contributed by atoms with E-state index in [9.17, 15) is 0 Å². The summed E-state index contributed by atoms with van der Waals surface area (Å²) in [5.41, 5.74) is 0. The molecular formula is C9H17N. The van der Waals surface area contributed by atoms with Crippen molar-refractivity contribution < 1.29 is 0 Å². The van der Waals surface area contributed by atoms with E-state index >= 15 is 0 Å². The number of rotatable bonds is 1. The second-order valence-corrected chi connectivity index (χ2v) is 4.29. The van der Waals surface area contributed by atoms with Gasteiger partial charge in [0.1, 0.15) is 0 Å². The molecule has 1 heteroatoms. The smallest absolute Gasteiger partial charge is 0.0147 e. The first kappa shape index (κ1) is 6.66. The van der Waals surface area contributed by atoms with Gasteiger partial charge in [0.15, 0.2) is 0 Å². The highest BCUT2D eigenvalue weighted by Crippen LogP contribution is 2.47. The van der Waals surface area contributed by atoms with Crippen molar-refractivity contribution in [1.29, 1.82) is 0 Å². The highest BCUT2D eigenvalue weighted by molar-refractivity contribution is 5.03. The zero-order valence-electron chi connectivity index (χ0n) is 7.17. The highest BCUT2D eigenvalue weighted by Gasteiger charge is 2.49. The molecule has 10 heavy (non-hydrogen) atoms. The van der Waals surface area contributed by atoms with Crippen LogP contribution < -0.4 is 0 Å². The summed E-state index contributed by atoms with van der Waals surface area (Å²) in [6.07, 6.45) is 2.97. The molecule has 2 aliphatic heterocycles. The van der Waals surface area contributed by atoms with E-state index in [4.69, 9.17) is 0 Å². The number of fused-ring (bicyclic) bond motifs is 1. The van der Waals surface area contributed by atoms with Crippen LogP contribution in [0.3, 0.4) is 0 Å². The summed E-state index contributed by atoms with van der Waals surface area (Å²) in [6.45, 7) is 4.70. The lowest BCUT2D eigenvalue weighted by Gasteiger charge is -2.23. The standard InChI is InChI=1S/C9H17N/c1-6(2)9-7-4-8(5-7)10(9)3/h6-9H,4-5H2,1-3H3/t7?,8?,9-/m1/s1. The van der Waals surface area contributed by atoms with E-state index in [-0.39, 0.29) is 0 Å². The summed E-state index contributed by atoms with van der Waals surface area (Å²) in [5.74, 6) is 1.91. The molecule has 3 aliphatic rings. The Hall–Kier alpha value is -0.0400. The van der Waals surface area contributed by atoms with Crippen molar-refractivity contribution in [3.8, 4) is 0 Å². The molecule has 1 saturated carbocycles. The Morgan fingerprint density at radius 3 is 2.10 bits per heavy atom. The molecule has 0 N–H and O–H groups in total. The van der Waals surface area contributed by atoms with Gasteiger partial charge in [0.25, 0.3) is 0 Å². The van der Waals surface area contributed by atoms with Gasteiger partial charge >= 0.3 is 0 Å². The van der Waals surface area contributed by atoms with Gasteiger partial charge in [0.05, 0.1) is 0 Å². The molecule has 1 aliphatic carbocycles. The normalized spacial score (nSPS) is 46.2. The van der Waals surface area contributed by atoms with Crippen LogP contribution in [0.25, 0.3) is 0 Å².